The summed E-state index contributed by atoms with van der Waals surface area (Å²) in [5, 5.41) is 70.0. The van der Waals surface area contributed by atoms with Crippen molar-refractivity contribution in [1.29, 1.82) is 0 Å². The first kappa shape index (κ1) is 88.9. The first-order valence-electron chi connectivity index (χ1n) is 36.9. The number of aromatic amines is 2. The van der Waals surface area contributed by atoms with Gasteiger partial charge in [0.05, 0.1) is 117 Å². The molecule has 2 atom stereocenters. The number of hydrogen-bond acceptors (Lipinski definition) is 25. The van der Waals surface area contributed by atoms with Crippen molar-refractivity contribution < 1.29 is 88.1 Å². The molecule has 0 bridgehead atoms. The van der Waals surface area contributed by atoms with Crippen LogP contribution in [0.1, 0.15) is 139 Å². The third kappa shape index (κ3) is 25.2. The molecule has 0 aliphatic heterocycles. The number of ketones is 5. The van der Waals surface area contributed by atoms with E-state index in [0.29, 0.717) is 91.2 Å². The largest absolute Gasteiger partial charge is 0.493 e. The summed E-state index contributed by atoms with van der Waals surface area (Å²) in [5.74, 6) is -0.956. The van der Waals surface area contributed by atoms with Gasteiger partial charge in [0.2, 0.25) is 5.78 Å². The highest BCUT2D eigenvalue weighted by Gasteiger charge is 2.20. The van der Waals surface area contributed by atoms with Gasteiger partial charge in [0.1, 0.15) is 34.6 Å². The third-order valence-electron chi connectivity index (χ3n) is 17.9. The Balaban J connectivity index is 0.000000163. The van der Waals surface area contributed by atoms with Crippen LogP contribution in [0.3, 0.4) is 0 Å². The molecule has 0 aliphatic rings. The van der Waals surface area contributed by atoms with Crippen LogP contribution in [0.5, 0.6) is 23.0 Å². The number of methoxy groups -OCH3 is 4. The first-order chi connectivity index (χ1) is 58.0. The van der Waals surface area contributed by atoms with Crippen LogP contribution < -0.4 is 24.7 Å². The van der Waals surface area contributed by atoms with Gasteiger partial charge in [-0.15, -0.1) is 0 Å². The van der Waals surface area contributed by atoms with E-state index in [1.54, 1.807) is 92.0 Å². The molecule has 0 aliphatic carbocycles. The van der Waals surface area contributed by atoms with E-state index in [0.717, 1.165) is 43.5 Å². The molecule has 0 saturated carbocycles. The van der Waals surface area contributed by atoms with Crippen LogP contribution in [0.2, 0.25) is 0 Å². The number of hydrogen-bond donors (Lipinski definition) is 9. The molecule has 15 aromatic rings. The number of imidazole rings is 2. The molecule has 0 saturated heterocycles. The smallest absolute Gasteiger partial charge is 0.354 e. The van der Waals surface area contributed by atoms with Crippen molar-refractivity contribution >= 4 is 95.4 Å². The molecule has 8 aromatic carbocycles. The number of fused-ring (bicyclic) bond motifs is 5. The molecule has 7 aromatic heterocycles. The summed E-state index contributed by atoms with van der Waals surface area (Å²) in [4.78, 5) is 125. The van der Waals surface area contributed by atoms with E-state index in [4.69, 9.17) is 45.1 Å². The number of para-hydroxylation sites is 5. The minimum Gasteiger partial charge on any atom is -0.493 e. The Morgan fingerprint density at radius 2 is 0.783 bits per heavy atom. The molecule has 2 unspecified atom stereocenters. The number of nitrogens with one attached hydrogen (secondary N) is 2. The fourth-order valence-corrected chi connectivity index (χ4v) is 11.5. The SMILES string of the molecule is COc1ccc(C(=O)CCC(=O)c2ccc3ccccc3n2)cc1OC.COc1ccc(C(=O)CCC(O)c2ccc3ccccc3n2)cc1OC.NCC(O)c1ccc2ccccc2n1.O=C(C[N+](=O)[O-])c1ccc2ccccc2n1.O=C(O)c1ccc(CO)c(CO)c1.O=C(O)c1ccc2ccccc2n1.O=C(c1cnc[nH]1)c1cnc[nH]1. The zero-order valence-electron chi connectivity index (χ0n) is 65.3. The van der Waals surface area contributed by atoms with Crippen molar-refractivity contribution in [1.82, 2.24) is 44.9 Å². The quantitative estimate of drug-likeness (QED) is 0.0146. The topological polar surface area (TPSA) is 469 Å². The van der Waals surface area contributed by atoms with Crippen molar-refractivity contribution in [2.45, 2.75) is 51.1 Å². The van der Waals surface area contributed by atoms with Crippen molar-refractivity contribution in [3.8, 4) is 23.0 Å². The summed E-state index contributed by atoms with van der Waals surface area (Å²) < 4.78 is 20.8. The monoisotopic (exact) mass is 1620 g/mol. The summed E-state index contributed by atoms with van der Waals surface area (Å²) in [5.41, 5.74) is 14.1. The van der Waals surface area contributed by atoms with E-state index in [1.165, 1.54) is 76.7 Å². The van der Waals surface area contributed by atoms with Gasteiger partial charge in [0, 0.05) is 68.8 Å². The summed E-state index contributed by atoms with van der Waals surface area (Å²) in [7, 11) is 6.13. The fraction of sp³-hybridized carbons (Fsp3) is 0.156. The Bertz CT molecular complexity index is 6010. The van der Waals surface area contributed by atoms with E-state index >= 15 is 0 Å². The summed E-state index contributed by atoms with van der Waals surface area (Å²) >= 11 is 0. The molecule has 120 heavy (non-hydrogen) atoms. The molecule has 7 heterocycles. The highest BCUT2D eigenvalue weighted by Crippen LogP contribution is 2.31. The van der Waals surface area contributed by atoms with Crippen LogP contribution in [-0.2, 0) is 13.2 Å². The minimum atomic E-state index is -1.04. The number of ether oxygens (including phenoxy) is 4. The van der Waals surface area contributed by atoms with Crippen LogP contribution >= 0.6 is 0 Å². The number of carbonyl (C=O) groups is 7. The number of benzene rings is 8. The Hall–Kier alpha value is -15.1. The van der Waals surface area contributed by atoms with Gasteiger partial charge >= 0.3 is 11.9 Å². The summed E-state index contributed by atoms with van der Waals surface area (Å²) in [6.45, 7) is -0.983. The zero-order chi connectivity index (χ0) is 86.0. The van der Waals surface area contributed by atoms with Gasteiger partial charge in [-0.05, 0) is 127 Å². The maximum atomic E-state index is 12.4. The lowest BCUT2D eigenvalue weighted by Gasteiger charge is -2.12. The number of pyridine rings is 5. The Labute approximate surface area is 685 Å². The number of aromatic nitrogens is 9. The summed E-state index contributed by atoms with van der Waals surface area (Å²) in [6.07, 6.45) is 5.16. The molecule has 30 heteroatoms. The maximum absolute atomic E-state index is 12.4. The fourth-order valence-electron chi connectivity index (χ4n) is 11.5. The predicted molar refractivity (Wildman–Crippen MR) is 447 cm³/mol. The van der Waals surface area contributed by atoms with Gasteiger partial charge in [-0.3, -0.25) is 44.1 Å². The van der Waals surface area contributed by atoms with Crippen LogP contribution in [-0.4, -0.2) is 163 Å². The molecule has 0 radical (unpaired) electrons. The first-order valence-corrected chi connectivity index (χ1v) is 36.9. The zero-order valence-corrected chi connectivity index (χ0v) is 65.3. The minimum absolute atomic E-state index is 0.0641. The van der Waals surface area contributed by atoms with Crippen molar-refractivity contribution in [3.63, 3.8) is 0 Å². The summed E-state index contributed by atoms with van der Waals surface area (Å²) in [6, 6.07) is 69.7. The number of aromatic carboxylic acids is 2. The average Bonchev–Trinajstić information content (AvgIpc) is 0.856. The van der Waals surface area contributed by atoms with Gasteiger partial charge in [0.15, 0.2) is 40.3 Å². The molecular formula is C90H83N11O19. The molecule has 10 N–H and O–H groups in total. The van der Waals surface area contributed by atoms with Gasteiger partial charge in [-0.25, -0.2) is 34.5 Å². The lowest BCUT2D eigenvalue weighted by atomic mass is 10.0. The highest BCUT2D eigenvalue weighted by atomic mass is 16.6. The second-order valence-electron chi connectivity index (χ2n) is 25.8. The molecular weight excluding hydrogens is 1540 g/mol. The number of nitrogens with two attached hydrogens (primary N) is 1. The van der Waals surface area contributed by atoms with Gasteiger partial charge in [-0.2, -0.15) is 0 Å². The molecule has 0 fully saturated rings. The number of carbonyl (C=O) groups excluding carboxylic acids is 5. The Kier molecular flexibility index (Phi) is 33.1. The number of carboxylic acid groups (broad SMARTS) is 2. The van der Waals surface area contributed by atoms with Crippen LogP contribution in [0.4, 0.5) is 0 Å². The highest BCUT2D eigenvalue weighted by molar-refractivity contribution is 6.06. The van der Waals surface area contributed by atoms with E-state index in [-0.39, 0.29) is 79.1 Å². The molecule has 0 amide bonds. The van der Waals surface area contributed by atoms with Gasteiger partial charge < -0.3 is 65.3 Å². The molecule has 612 valence electrons. The standard InChI is InChI=1S/C21H21NO4.C21H19NO4.C11H8N2O3.C11H12N2O.C10H7NO2.C9H10O4.C7H6N4O/c2*1-25-20-12-8-15(13-21(20)26-2)18(23)10-11-19(24)17-9-7-14-5-3-4-6-16(14)22-17;14-11(7-13(15)16)10-6-5-8-3-1-2-4-9(8)12-10;12-7-11(14)10-6-5-8-3-1-2-4-9(8)13-10;12-10(13)9-6-5-7-3-1-2-4-8(7)11-9;10-4-7-2-1-6(9(12)13)3-8(7)5-11;12-7(5-1-8-3-10-5)6-2-9-4-11-6/h3-9,12-13,19,24H,10-11H2,1-2H3;3-9,12-13H,10-11H2,1-2H3;1-6H,7H2;1-6,11,14H,7,12H2;1-6H,(H,12,13);1-3,10-11H,4-5H2,(H,12,13);1-4H,(H,8,10)(H,9,11). The van der Waals surface area contributed by atoms with E-state index in [9.17, 15) is 53.9 Å². The normalized spacial score (nSPS) is 10.9. The molecule has 30 nitrogen and oxygen atoms in total. The van der Waals surface area contributed by atoms with Gasteiger partial charge in [-0.1, -0.05) is 127 Å². The van der Waals surface area contributed by atoms with Crippen LogP contribution in [0.15, 0.2) is 262 Å². The number of carboxylic acids is 2. The number of nitro groups is 1. The predicted octanol–water partition coefficient (Wildman–Crippen LogP) is 13.6. The Morgan fingerprint density at radius 3 is 1.18 bits per heavy atom. The number of nitrogens with zero attached hydrogens (tertiary/aromatic N) is 8. The van der Waals surface area contributed by atoms with Crippen LogP contribution in [0, 0.1) is 10.1 Å². The number of aliphatic hydroxyl groups excluding tert-OH is 4. The van der Waals surface area contributed by atoms with Crippen molar-refractivity contribution in [2.24, 2.45) is 5.73 Å². The van der Waals surface area contributed by atoms with E-state index < -0.39 is 41.4 Å². The van der Waals surface area contributed by atoms with Crippen molar-refractivity contribution in [3.05, 3.63) is 339 Å². The average molecular weight is 1620 g/mol. The van der Waals surface area contributed by atoms with Crippen LogP contribution in [0.25, 0.3) is 54.5 Å². The number of Topliss-reactive ketones (excluding diaryl/α,β-unsaturated/α-hetero) is 4. The number of H-pyrrole nitrogens is 2. The Morgan fingerprint density at radius 1 is 0.408 bits per heavy atom. The van der Waals surface area contributed by atoms with Gasteiger partial charge in [0.25, 0.3) is 12.3 Å². The van der Waals surface area contributed by atoms with Crippen molar-refractivity contribution in [2.75, 3.05) is 41.5 Å². The molecule has 15 rings (SSSR count). The lowest BCUT2D eigenvalue weighted by molar-refractivity contribution is -0.465. The third-order valence-corrected chi connectivity index (χ3v) is 17.9. The second kappa shape index (κ2) is 44.7. The second-order valence-corrected chi connectivity index (χ2v) is 25.8. The van der Waals surface area contributed by atoms with E-state index in [2.05, 4.69) is 44.9 Å². The maximum Gasteiger partial charge on any atom is 0.354 e. The number of aliphatic hydroxyl groups is 4. The number of rotatable bonds is 25. The van der Waals surface area contributed by atoms with E-state index in [1.807, 2.05) is 121 Å². The molecule has 0 spiro atoms. The lowest BCUT2D eigenvalue weighted by Crippen LogP contribution is -2.14.